The second kappa shape index (κ2) is 11.8. The van der Waals surface area contributed by atoms with Gasteiger partial charge in [-0.05, 0) is 74.0 Å². The van der Waals surface area contributed by atoms with Crippen LogP contribution in [0.15, 0.2) is 54.6 Å². The third kappa shape index (κ3) is 7.20. The quantitative estimate of drug-likeness (QED) is 0.329. The van der Waals surface area contributed by atoms with Gasteiger partial charge in [0.15, 0.2) is 11.5 Å². The van der Waals surface area contributed by atoms with Crippen LogP contribution in [0, 0.1) is 5.82 Å². The van der Waals surface area contributed by atoms with Gasteiger partial charge in [-0.2, -0.15) is 13.2 Å². The lowest BCUT2D eigenvalue weighted by Gasteiger charge is -2.25. The molecule has 4 N–H and O–H groups in total. The summed E-state index contributed by atoms with van der Waals surface area (Å²) in [5, 5.41) is 11.3. The van der Waals surface area contributed by atoms with Gasteiger partial charge < -0.3 is 25.6 Å². The van der Waals surface area contributed by atoms with Crippen LogP contribution in [0.4, 0.5) is 17.6 Å². The maximum absolute atomic E-state index is 14.2. The number of nitrogens with one attached hydrogen (secondary N) is 1. The third-order valence-corrected chi connectivity index (χ3v) is 5.72. The number of carbonyl (C=O) groups excluding carboxylic acids is 1. The summed E-state index contributed by atoms with van der Waals surface area (Å²) in [6, 6.07) is 12.2. The lowest BCUT2D eigenvalue weighted by molar-refractivity contribution is -0.149. The molecule has 0 aliphatic carbocycles. The van der Waals surface area contributed by atoms with E-state index in [9.17, 15) is 22.4 Å². The molecule has 0 saturated carbocycles. The molecule has 11 heteroatoms. The van der Waals surface area contributed by atoms with Crippen molar-refractivity contribution in [3.05, 3.63) is 77.2 Å². The highest BCUT2D eigenvalue weighted by Crippen LogP contribution is 2.36. The van der Waals surface area contributed by atoms with E-state index in [1.165, 1.54) is 55.6 Å². The van der Waals surface area contributed by atoms with E-state index in [-0.39, 0.29) is 35.9 Å². The van der Waals surface area contributed by atoms with Crippen LogP contribution >= 0.6 is 0 Å². The maximum Gasteiger partial charge on any atom is 0.398 e. The Kier molecular flexibility index (Phi) is 8.95. The summed E-state index contributed by atoms with van der Waals surface area (Å²) in [4.78, 5) is 17.0. The van der Waals surface area contributed by atoms with Crippen molar-refractivity contribution in [3.63, 3.8) is 0 Å². The number of nitrogens with two attached hydrogens (primary N) is 1. The molecule has 0 spiro atoms. The number of aliphatic hydroxyl groups excluding tert-OH is 1. The molecule has 2 aromatic carbocycles. The Morgan fingerprint density at radius 1 is 1.08 bits per heavy atom. The molecule has 0 aliphatic rings. The summed E-state index contributed by atoms with van der Waals surface area (Å²) < 4.78 is 66.6. The molecule has 204 valence electrons. The minimum Gasteiger partial charge on any atom is -0.493 e. The van der Waals surface area contributed by atoms with Crippen molar-refractivity contribution in [1.82, 2.24) is 10.3 Å². The van der Waals surface area contributed by atoms with Crippen LogP contribution in [0.1, 0.15) is 41.4 Å². The number of benzene rings is 2. The number of halogens is 4. The monoisotopic (exact) mass is 535 g/mol. The minimum absolute atomic E-state index is 0.0384. The maximum atomic E-state index is 14.2. The topological polar surface area (TPSA) is 107 Å². The number of methoxy groups -OCH3 is 1. The number of rotatable bonds is 10. The summed E-state index contributed by atoms with van der Waals surface area (Å²) in [6.45, 7) is 2.15. The van der Waals surface area contributed by atoms with Crippen molar-refractivity contribution in [3.8, 4) is 22.8 Å². The molecule has 1 amide bonds. The minimum atomic E-state index is -4.76. The molecule has 3 rings (SSSR count). The zero-order chi connectivity index (χ0) is 28.1. The van der Waals surface area contributed by atoms with Crippen LogP contribution < -0.4 is 20.5 Å². The lowest BCUT2D eigenvalue weighted by Crippen LogP contribution is -2.36. The number of aliphatic hydroxyl groups is 1. The van der Waals surface area contributed by atoms with E-state index in [2.05, 4.69) is 10.3 Å². The van der Waals surface area contributed by atoms with Crippen molar-refractivity contribution >= 4 is 5.91 Å². The molecule has 3 aromatic rings. The normalized spacial score (nSPS) is 12.7. The standard InChI is InChI=1S/C27H29F4N3O4/c1-26(2,32)18-13-21(16-4-7-19(28)8-5-16)34-22(14-18)20(27(29,30)31)15-33-25(36)17-6-9-23(37-3)24(12-17)38-11-10-35/h4-9,12-14,20,35H,10-11,15,32H2,1-3H3,(H,33,36). The van der Waals surface area contributed by atoms with E-state index in [1.54, 1.807) is 19.9 Å². The van der Waals surface area contributed by atoms with Crippen molar-refractivity contribution in [2.75, 3.05) is 26.9 Å². The Hall–Kier alpha value is -3.70. The van der Waals surface area contributed by atoms with Crippen molar-refractivity contribution < 1.29 is 36.9 Å². The zero-order valence-electron chi connectivity index (χ0n) is 21.1. The first kappa shape index (κ1) is 28.9. The largest absolute Gasteiger partial charge is 0.493 e. The average Bonchev–Trinajstić information content (AvgIpc) is 2.86. The molecule has 1 aromatic heterocycles. The van der Waals surface area contributed by atoms with Gasteiger partial charge in [0.25, 0.3) is 5.91 Å². The van der Waals surface area contributed by atoms with Gasteiger partial charge in [0.2, 0.25) is 0 Å². The number of amides is 1. The van der Waals surface area contributed by atoms with Gasteiger partial charge in [0, 0.05) is 23.2 Å². The van der Waals surface area contributed by atoms with Gasteiger partial charge in [-0.25, -0.2) is 4.39 Å². The number of alkyl halides is 3. The lowest BCUT2D eigenvalue weighted by atomic mass is 9.91. The average molecular weight is 536 g/mol. The molecular weight excluding hydrogens is 506 g/mol. The number of nitrogens with zero attached hydrogens (tertiary/aromatic N) is 1. The molecule has 0 radical (unpaired) electrons. The highest BCUT2D eigenvalue weighted by atomic mass is 19.4. The third-order valence-electron chi connectivity index (χ3n) is 5.72. The van der Waals surface area contributed by atoms with E-state index in [0.717, 1.165) is 0 Å². The zero-order valence-corrected chi connectivity index (χ0v) is 21.1. The Morgan fingerprint density at radius 2 is 1.76 bits per heavy atom. The smallest absolute Gasteiger partial charge is 0.398 e. The predicted molar refractivity (Wildman–Crippen MR) is 134 cm³/mol. The fourth-order valence-electron chi connectivity index (χ4n) is 3.64. The highest BCUT2D eigenvalue weighted by molar-refractivity contribution is 5.95. The Balaban J connectivity index is 1.94. The Morgan fingerprint density at radius 3 is 2.34 bits per heavy atom. The summed E-state index contributed by atoms with van der Waals surface area (Å²) in [5.74, 6) is -2.98. The van der Waals surface area contributed by atoms with Gasteiger partial charge in [-0.3, -0.25) is 9.78 Å². The van der Waals surface area contributed by atoms with Gasteiger partial charge in [0.05, 0.1) is 25.1 Å². The molecule has 1 heterocycles. The highest BCUT2D eigenvalue weighted by Gasteiger charge is 2.42. The first-order valence-electron chi connectivity index (χ1n) is 11.7. The molecule has 0 bridgehead atoms. The van der Waals surface area contributed by atoms with Crippen LogP contribution in [0.3, 0.4) is 0 Å². The van der Waals surface area contributed by atoms with Crippen molar-refractivity contribution in [2.24, 2.45) is 5.73 Å². The Bertz CT molecular complexity index is 1260. The molecule has 1 atom stereocenters. The van der Waals surface area contributed by atoms with E-state index in [0.29, 0.717) is 16.9 Å². The first-order valence-corrected chi connectivity index (χ1v) is 11.7. The van der Waals surface area contributed by atoms with Crippen LogP contribution in [0.25, 0.3) is 11.3 Å². The molecule has 0 saturated heterocycles. The van der Waals surface area contributed by atoms with Crippen molar-refractivity contribution in [2.45, 2.75) is 31.5 Å². The fourth-order valence-corrected chi connectivity index (χ4v) is 3.64. The number of hydrogen-bond acceptors (Lipinski definition) is 6. The summed E-state index contributed by atoms with van der Waals surface area (Å²) in [6.07, 6.45) is -4.76. The SMILES string of the molecule is COc1ccc(C(=O)NCC(c2cc(C(C)(C)N)cc(-c3ccc(F)cc3)n2)C(F)(F)F)cc1OCCO. The molecule has 7 nitrogen and oxygen atoms in total. The number of ether oxygens (including phenoxy) is 2. The van der Waals surface area contributed by atoms with E-state index >= 15 is 0 Å². The van der Waals surface area contributed by atoms with Gasteiger partial charge >= 0.3 is 6.18 Å². The van der Waals surface area contributed by atoms with Crippen LogP contribution in [-0.4, -0.2) is 49.0 Å². The predicted octanol–water partition coefficient (Wildman–Crippen LogP) is 4.54. The second-order valence-electron chi connectivity index (χ2n) is 9.14. The molecule has 1 unspecified atom stereocenters. The van der Waals surface area contributed by atoms with Gasteiger partial charge in [-0.15, -0.1) is 0 Å². The Labute approximate surface area is 217 Å². The van der Waals surface area contributed by atoms with Gasteiger partial charge in [-0.1, -0.05) is 0 Å². The van der Waals surface area contributed by atoms with Crippen LogP contribution in [0.5, 0.6) is 11.5 Å². The molecule has 38 heavy (non-hydrogen) atoms. The van der Waals surface area contributed by atoms with Crippen LogP contribution in [0.2, 0.25) is 0 Å². The summed E-state index contributed by atoms with van der Waals surface area (Å²) >= 11 is 0. The second-order valence-corrected chi connectivity index (χ2v) is 9.14. The first-order chi connectivity index (χ1) is 17.8. The molecule has 0 fully saturated rings. The number of carbonyl (C=O) groups is 1. The number of aromatic nitrogens is 1. The van der Waals surface area contributed by atoms with E-state index in [4.69, 9.17) is 20.3 Å². The number of hydrogen-bond donors (Lipinski definition) is 3. The van der Waals surface area contributed by atoms with Gasteiger partial charge in [0.1, 0.15) is 18.3 Å². The molecular formula is C27H29F4N3O4. The van der Waals surface area contributed by atoms with E-state index in [1.807, 2.05) is 0 Å². The van der Waals surface area contributed by atoms with Crippen LogP contribution in [-0.2, 0) is 5.54 Å². The molecule has 0 aliphatic heterocycles. The fraction of sp³-hybridized carbons (Fsp3) is 0.333. The van der Waals surface area contributed by atoms with Crippen molar-refractivity contribution in [1.29, 1.82) is 0 Å². The van der Waals surface area contributed by atoms with E-state index < -0.39 is 35.9 Å². The summed E-state index contributed by atoms with van der Waals surface area (Å²) in [5.41, 5.74) is 5.90. The number of pyridine rings is 1. The summed E-state index contributed by atoms with van der Waals surface area (Å²) in [7, 11) is 1.39.